The molecule has 1 aromatic rings. The Kier molecular flexibility index (Phi) is 5.40. The van der Waals surface area contributed by atoms with Gasteiger partial charge in [0.15, 0.2) is 0 Å². The van der Waals surface area contributed by atoms with E-state index in [0.717, 1.165) is 5.75 Å². The van der Waals surface area contributed by atoms with Crippen molar-refractivity contribution in [2.45, 2.75) is 39.5 Å². The van der Waals surface area contributed by atoms with Crippen molar-refractivity contribution in [3.63, 3.8) is 0 Å². The first-order valence-corrected chi connectivity index (χ1v) is 9.14. The predicted octanol–water partition coefficient (Wildman–Crippen LogP) is 5.44. The van der Waals surface area contributed by atoms with Gasteiger partial charge < -0.3 is 0 Å². The third-order valence-electron chi connectivity index (χ3n) is 3.30. The summed E-state index contributed by atoms with van der Waals surface area (Å²) in [5.41, 5.74) is 4.00. The molecule has 19 heavy (non-hydrogen) atoms. The van der Waals surface area contributed by atoms with E-state index in [-0.39, 0.29) is 0 Å². The summed E-state index contributed by atoms with van der Waals surface area (Å²) in [6, 6.07) is 6.64. The molecule has 104 valence electrons. The van der Waals surface area contributed by atoms with Gasteiger partial charge in [-0.3, -0.25) is 0 Å². The summed E-state index contributed by atoms with van der Waals surface area (Å²) in [6.07, 6.45) is 0. The average Bonchev–Trinajstić information content (AvgIpc) is 2.39. The van der Waals surface area contributed by atoms with Crippen LogP contribution < -0.4 is 0 Å². The minimum Gasteiger partial charge on any atom is -0.245 e. The van der Waals surface area contributed by atoms with E-state index in [1.807, 2.05) is 23.5 Å². The minimum absolute atomic E-state index is 0.527. The van der Waals surface area contributed by atoms with Gasteiger partial charge in [-0.25, -0.2) is 4.99 Å². The highest BCUT2D eigenvalue weighted by molar-refractivity contribution is 8.18. The zero-order valence-electron chi connectivity index (χ0n) is 12.3. The second-order valence-corrected chi connectivity index (χ2v) is 7.77. The monoisotopic (exact) mass is 293 g/mol. The highest BCUT2D eigenvalue weighted by Gasteiger charge is 2.15. The summed E-state index contributed by atoms with van der Waals surface area (Å²) >= 11 is 3.93. The van der Waals surface area contributed by atoms with Gasteiger partial charge in [-0.15, -0.1) is 11.8 Å². The Morgan fingerprint density at radius 1 is 1.00 bits per heavy atom. The Labute approximate surface area is 125 Å². The lowest BCUT2D eigenvalue weighted by atomic mass is 9.93. The lowest BCUT2D eigenvalue weighted by Crippen LogP contribution is -2.07. The number of hydrogen-bond acceptors (Lipinski definition) is 3. The van der Waals surface area contributed by atoms with Crippen LogP contribution in [0.5, 0.6) is 0 Å². The molecule has 0 N–H and O–H groups in total. The van der Waals surface area contributed by atoms with Crippen LogP contribution in [0.15, 0.2) is 23.2 Å². The molecule has 0 radical (unpaired) electrons. The zero-order chi connectivity index (χ0) is 13.8. The van der Waals surface area contributed by atoms with Gasteiger partial charge in [-0.05, 0) is 23.0 Å². The highest BCUT2D eigenvalue weighted by Crippen LogP contribution is 2.36. The molecule has 1 saturated heterocycles. The Balaban J connectivity index is 2.45. The van der Waals surface area contributed by atoms with Gasteiger partial charge in [-0.1, -0.05) is 45.9 Å². The molecular formula is C16H23NS2. The number of hydrogen-bond donors (Lipinski definition) is 0. The third-order valence-corrected chi connectivity index (χ3v) is 5.69. The van der Waals surface area contributed by atoms with E-state index in [2.05, 4.69) is 45.9 Å². The summed E-state index contributed by atoms with van der Waals surface area (Å²) in [5, 5.41) is 1.30. The molecular weight excluding hydrogens is 270 g/mol. The van der Waals surface area contributed by atoms with Crippen molar-refractivity contribution in [1.29, 1.82) is 0 Å². The molecule has 1 fully saturated rings. The van der Waals surface area contributed by atoms with E-state index in [1.54, 1.807) is 0 Å². The van der Waals surface area contributed by atoms with Crippen molar-refractivity contribution in [3.8, 4) is 0 Å². The van der Waals surface area contributed by atoms with Crippen molar-refractivity contribution in [3.05, 3.63) is 29.3 Å². The normalized spacial score (nSPS) is 18.5. The maximum Gasteiger partial charge on any atom is 0.0838 e. The van der Waals surface area contributed by atoms with E-state index >= 15 is 0 Å². The molecule has 1 nitrogen and oxygen atoms in total. The molecule has 0 amide bonds. The van der Waals surface area contributed by atoms with Gasteiger partial charge in [0, 0.05) is 17.3 Å². The van der Waals surface area contributed by atoms with E-state index in [1.165, 1.54) is 33.4 Å². The third kappa shape index (κ3) is 3.79. The van der Waals surface area contributed by atoms with Crippen LogP contribution in [-0.2, 0) is 0 Å². The van der Waals surface area contributed by atoms with E-state index < -0.39 is 0 Å². The average molecular weight is 294 g/mol. The SMILES string of the molecule is CC(C)c1cccc(C(C)C)c1N=C1CSCCS1. The Morgan fingerprint density at radius 2 is 1.63 bits per heavy atom. The summed E-state index contributed by atoms with van der Waals surface area (Å²) in [7, 11) is 0. The van der Waals surface area contributed by atoms with Crippen molar-refractivity contribution >= 4 is 34.3 Å². The van der Waals surface area contributed by atoms with Crippen LogP contribution >= 0.6 is 23.5 Å². The Hall–Kier alpha value is -0.410. The number of aliphatic imine (C=N–C) groups is 1. The molecule has 1 heterocycles. The summed E-state index contributed by atoms with van der Waals surface area (Å²) in [6.45, 7) is 9.02. The molecule has 0 bridgehead atoms. The molecule has 0 spiro atoms. The molecule has 3 heteroatoms. The van der Waals surface area contributed by atoms with Gasteiger partial charge >= 0.3 is 0 Å². The molecule has 2 rings (SSSR count). The van der Waals surface area contributed by atoms with E-state index in [4.69, 9.17) is 4.99 Å². The minimum atomic E-state index is 0.527. The van der Waals surface area contributed by atoms with Crippen LogP contribution in [-0.4, -0.2) is 22.3 Å². The van der Waals surface area contributed by atoms with Crippen molar-refractivity contribution in [1.82, 2.24) is 0 Å². The van der Waals surface area contributed by atoms with Gasteiger partial charge in [-0.2, -0.15) is 11.8 Å². The van der Waals surface area contributed by atoms with Crippen molar-refractivity contribution < 1.29 is 0 Å². The maximum atomic E-state index is 5.02. The van der Waals surface area contributed by atoms with Gasteiger partial charge in [0.2, 0.25) is 0 Å². The number of rotatable bonds is 3. The molecule has 1 aliphatic heterocycles. The fourth-order valence-corrected chi connectivity index (χ4v) is 4.41. The van der Waals surface area contributed by atoms with E-state index in [0.29, 0.717) is 11.8 Å². The quantitative estimate of drug-likeness (QED) is 0.735. The second-order valence-electron chi connectivity index (χ2n) is 5.50. The molecule has 1 aliphatic rings. The number of para-hydroxylation sites is 1. The first kappa shape index (κ1) is 15.0. The fourth-order valence-electron chi connectivity index (χ4n) is 2.25. The van der Waals surface area contributed by atoms with Crippen LogP contribution in [0, 0.1) is 0 Å². The molecule has 0 saturated carbocycles. The summed E-state index contributed by atoms with van der Waals surface area (Å²) in [4.78, 5) is 5.02. The lowest BCUT2D eigenvalue weighted by Gasteiger charge is -2.18. The largest absolute Gasteiger partial charge is 0.245 e. The van der Waals surface area contributed by atoms with Crippen LogP contribution in [0.25, 0.3) is 0 Å². The molecule has 0 unspecified atom stereocenters. The molecule has 0 aromatic heterocycles. The Morgan fingerprint density at radius 3 is 2.11 bits per heavy atom. The number of nitrogens with zero attached hydrogens (tertiary/aromatic N) is 1. The highest BCUT2D eigenvalue weighted by atomic mass is 32.2. The van der Waals surface area contributed by atoms with Gasteiger partial charge in [0.1, 0.15) is 0 Å². The van der Waals surface area contributed by atoms with Crippen molar-refractivity contribution in [2.24, 2.45) is 4.99 Å². The smallest absolute Gasteiger partial charge is 0.0838 e. The Bertz CT molecular complexity index is 430. The first-order chi connectivity index (χ1) is 9.09. The van der Waals surface area contributed by atoms with Crippen LogP contribution in [0.4, 0.5) is 5.69 Å². The topological polar surface area (TPSA) is 12.4 Å². The van der Waals surface area contributed by atoms with Crippen LogP contribution in [0.3, 0.4) is 0 Å². The number of thioether (sulfide) groups is 2. The van der Waals surface area contributed by atoms with E-state index in [9.17, 15) is 0 Å². The van der Waals surface area contributed by atoms with Crippen molar-refractivity contribution in [2.75, 3.05) is 17.3 Å². The molecule has 1 aromatic carbocycles. The van der Waals surface area contributed by atoms with Gasteiger partial charge in [0.05, 0.1) is 10.7 Å². The number of benzene rings is 1. The first-order valence-electron chi connectivity index (χ1n) is 7.00. The second kappa shape index (κ2) is 6.85. The summed E-state index contributed by atoms with van der Waals surface area (Å²) < 4.78 is 0. The van der Waals surface area contributed by atoms with Crippen LogP contribution in [0.2, 0.25) is 0 Å². The maximum absolute atomic E-state index is 5.02. The lowest BCUT2D eigenvalue weighted by molar-refractivity contribution is 0.835. The fraction of sp³-hybridized carbons (Fsp3) is 0.562. The zero-order valence-corrected chi connectivity index (χ0v) is 13.9. The summed E-state index contributed by atoms with van der Waals surface area (Å²) in [5.74, 6) is 4.59. The van der Waals surface area contributed by atoms with Crippen LogP contribution in [0.1, 0.15) is 50.7 Å². The molecule has 0 aliphatic carbocycles. The van der Waals surface area contributed by atoms with Gasteiger partial charge in [0.25, 0.3) is 0 Å². The molecule has 0 atom stereocenters. The predicted molar refractivity (Wildman–Crippen MR) is 91.5 cm³/mol. The standard InChI is InChI=1S/C16H23NS2/c1-11(2)13-6-5-7-14(12(3)4)16(13)17-15-10-18-8-9-19-15/h5-7,11-12H,8-10H2,1-4H3.